The summed E-state index contributed by atoms with van der Waals surface area (Å²) in [6, 6.07) is 4.91. The molecule has 0 saturated carbocycles. The molecule has 0 atom stereocenters. The number of rotatable bonds is 5. The first kappa shape index (κ1) is 15.2. The highest BCUT2D eigenvalue weighted by Gasteiger charge is 2.36. The van der Waals surface area contributed by atoms with Gasteiger partial charge in [-0.25, -0.2) is 8.42 Å². The Bertz CT molecular complexity index is 669. The average Bonchev–Trinajstić information content (AvgIpc) is 2.59. The van der Waals surface area contributed by atoms with Crippen molar-refractivity contribution in [3.63, 3.8) is 0 Å². The molecule has 0 aliphatic carbocycles. The van der Waals surface area contributed by atoms with Crippen LogP contribution in [0.3, 0.4) is 0 Å². The predicted octanol–water partition coefficient (Wildman–Crippen LogP) is 1.80. The summed E-state index contributed by atoms with van der Waals surface area (Å²) in [7, 11) is -3.19. The van der Waals surface area contributed by atoms with Crippen LogP contribution in [0.1, 0.15) is 23.7 Å². The number of hydrogen-bond donors (Lipinski definition) is 0. The van der Waals surface area contributed by atoms with Crippen LogP contribution in [-0.4, -0.2) is 38.2 Å². The molecule has 0 bridgehead atoms. The molecule has 1 aromatic carbocycles. The van der Waals surface area contributed by atoms with Gasteiger partial charge in [0.15, 0.2) is 9.84 Å². The van der Waals surface area contributed by atoms with E-state index in [1.165, 1.54) is 4.90 Å². The van der Waals surface area contributed by atoms with Crippen LogP contribution >= 0.6 is 15.9 Å². The topological polar surface area (TPSA) is 71.5 Å². The van der Waals surface area contributed by atoms with Crippen molar-refractivity contribution in [1.29, 1.82) is 0 Å². The molecule has 5 nitrogen and oxygen atoms in total. The van der Waals surface area contributed by atoms with E-state index in [2.05, 4.69) is 15.9 Å². The number of fused-ring (bicyclic) bond motifs is 1. The molecule has 20 heavy (non-hydrogen) atoms. The maximum atomic E-state index is 11.9. The number of ketones is 1. The SMILES string of the molecule is CCCS(=O)(=O)CCN1C(=O)C(=O)c2ccc(Br)cc21. The summed E-state index contributed by atoms with van der Waals surface area (Å²) in [5, 5.41) is 0. The van der Waals surface area contributed by atoms with Gasteiger partial charge >= 0.3 is 0 Å². The largest absolute Gasteiger partial charge is 0.304 e. The highest BCUT2D eigenvalue weighted by Crippen LogP contribution is 2.31. The fraction of sp³-hybridized carbons (Fsp3) is 0.385. The minimum absolute atomic E-state index is 0.0103. The van der Waals surface area contributed by atoms with Gasteiger partial charge < -0.3 is 4.90 Å². The maximum absolute atomic E-state index is 11.9. The molecule has 0 fully saturated rings. The van der Waals surface area contributed by atoms with Crippen molar-refractivity contribution in [2.45, 2.75) is 13.3 Å². The molecule has 108 valence electrons. The van der Waals surface area contributed by atoms with Crippen molar-refractivity contribution >= 4 is 43.1 Å². The Kier molecular flexibility index (Phi) is 4.29. The maximum Gasteiger partial charge on any atom is 0.299 e. The van der Waals surface area contributed by atoms with E-state index in [0.717, 1.165) is 4.47 Å². The van der Waals surface area contributed by atoms with Crippen LogP contribution in [-0.2, 0) is 14.6 Å². The molecule has 1 aliphatic rings. The summed E-state index contributed by atoms with van der Waals surface area (Å²) in [4.78, 5) is 25.0. The van der Waals surface area contributed by atoms with Crippen LogP contribution in [0.5, 0.6) is 0 Å². The lowest BCUT2D eigenvalue weighted by atomic mass is 10.1. The lowest BCUT2D eigenvalue weighted by Gasteiger charge is -2.16. The second kappa shape index (κ2) is 5.65. The van der Waals surface area contributed by atoms with Gasteiger partial charge in [-0.1, -0.05) is 22.9 Å². The molecule has 0 radical (unpaired) electrons. The second-order valence-corrected chi connectivity index (χ2v) is 7.82. The van der Waals surface area contributed by atoms with E-state index in [0.29, 0.717) is 17.7 Å². The zero-order valence-electron chi connectivity index (χ0n) is 10.9. The minimum atomic E-state index is -3.19. The van der Waals surface area contributed by atoms with Crippen LogP contribution < -0.4 is 4.90 Å². The Morgan fingerprint density at radius 1 is 1.20 bits per heavy atom. The van der Waals surface area contributed by atoms with E-state index in [4.69, 9.17) is 0 Å². The summed E-state index contributed by atoms with van der Waals surface area (Å²) < 4.78 is 24.2. The third-order valence-corrected chi connectivity index (χ3v) is 5.40. The van der Waals surface area contributed by atoms with Crippen LogP contribution in [0.2, 0.25) is 0 Å². The van der Waals surface area contributed by atoms with Crippen molar-refractivity contribution in [2.75, 3.05) is 23.0 Å². The van der Waals surface area contributed by atoms with Gasteiger partial charge in [0.05, 0.1) is 17.0 Å². The normalized spacial score (nSPS) is 14.8. The Hall–Kier alpha value is -1.21. The molecule has 0 N–H and O–H groups in total. The summed E-state index contributed by atoms with van der Waals surface area (Å²) in [6.07, 6.45) is 0.539. The molecule has 0 aromatic heterocycles. The van der Waals surface area contributed by atoms with Crippen LogP contribution in [0.25, 0.3) is 0 Å². The first-order chi connectivity index (χ1) is 9.35. The third-order valence-electron chi connectivity index (χ3n) is 3.08. The molecule has 2 rings (SSSR count). The number of amides is 1. The van der Waals surface area contributed by atoms with E-state index >= 15 is 0 Å². The van der Waals surface area contributed by atoms with E-state index in [1.807, 2.05) is 0 Å². The van der Waals surface area contributed by atoms with Gasteiger partial charge in [0.2, 0.25) is 0 Å². The van der Waals surface area contributed by atoms with Gasteiger partial charge in [-0.05, 0) is 24.6 Å². The van der Waals surface area contributed by atoms with Crippen molar-refractivity contribution in [3.05, 3.63) is 28.2 Å². The Morgan fingerprint density at radius 2 is 1.90 bits per heavy atom. The zero-order chi connectivity index (χ0) is 14.9. The highest BCUT2D eigenvalue weighted by atomic mass is 79.9. The van der Waals surface area contributed by atoms with Crippen LogP contribution in [0.4, 0.5) is 5.69 Å². The predicted molar refractivity (Wildman–Crippen MR) is 79.8 cm³/mol. The molecule has 1 aromatic rings. The van der Waals surface area contributed by atoms with Crippen molar-refractivity contribution in [3.8, 4) is 0 Å². The number of halogens is 1. The number of nitrogens with zero attached hydrogens (tertiary/aromatic N) is 1. The fourth-order valence-electron chi connectivity index (χ4n) is 2.13. The molecular formula is C13H14BrNO4S. The molecule has 7 heteroatoms. The Labute approximate surface area is 126 Å². The number of carbonyl (C=O) groups is 2. The van der Waals surface area contributed by atoms with Crippen LogP contribution in [0.15, 0.2) is 22.7 Å². The first-order valence-corrected chi connectivity index (χ1v) is 8.83. The van der Waals surface area contributed by atoms with Gasteiger partial charge in [0, 0.05) is 16.8 Å². The molecule has 0 spiro atoms. The minimum Gasteiger partial charge on any atom is -0.304 e. The molecular weight excluding hydrogens is 346 g/mol. The Balaban J connectivity index is 2.24. The quantitative estimate of drug-likeness (QED) is 0.751. The van der Waals surface area contributed by atoms with Gasteiger partial charge in [0.1, 0.15) is 0 Å². The van der Waals surface area contributed by atoms with Crippen molar-refractivity contribution in [2.24, 2.45) is 0 Å². The zero-order valence-corrected chi connectivity index (χ0v) is 13.3. The summed E-state index contributed by atoms with van der Waals surface area (Å²) in [5.41, 5.74) is 0.798. The molecule has 1 heterocycles. The summed E-state index contributed by atoms with van der Waals surface area (Å²) in [6.45, 7) is 1.80. The van der Waals surface area contributed by atoms with Crippen LogP contribution in [0, 0.1) is 0 Å². The third kappa shape index (κ3) is 2.93. The van der Waals surface area contributed by atoms with E-state index in [9.17, 15) is 18.0 Å². The number of anilines is 1. The fourth-order valence-corrected chi connectivity index (χ4v) is 3.77. The molecule has 0 saturated heterocycles. The number of Topliss-reactive ketones (excluding diaryl/α,β-unsaturated/α-hetero) is 1. The number of carbonyl (C=O) groups excluding carboxylic acids is 2. The molecule has 1 aliphatic heterocycles. The number of benzene rings is 1. The van der Waals surface area contributed by atoms with E-state index < -0.39 is 21.5 Å². The van der Waals surface area contributed by atoms with Gasteiger partial charge in [0.25, 0.3) is 11.7 Å². The summed E-state index contributed by atoms with van der Waals surface area (Å²) in [5.74, 6) is -1.29. The van der Waals surface area contributed by atoms with E-state index in [1.54, 1.807) is 25.1 Å². The average molecular weight is 360 g/mol. The monoisotopic (exact) mass is 359 g/mol. The first-order valence-electron chi connectivity index (χ1n) is 6.22. The molecule has 1 amide bonds. The molecule has 0 unspecified atom stereocenters. The van der Waals surface area contributed by atoms with Crippen molar-refractivity contribution in [1.82, 2.24) is 0 Å². The number of hydrogen-bond acceptors (Lipinski definition) is 4. The van der Waals surface area contributed by atoms with Gasteiger partial charge in [-0.2, -0.15) is 0 Å². The van der Waals surface area contributed by atoms with E-state index in [-0.39, 0.29) is 18.1 Å². The highest BCUT2D eigenvalue weighted by molar-refractivity contribution is 9.10. The smallest absolute Gasteiger partial charge is 0.299 e. The lowest BCUT2D eigenvalue weighted by molar-refractivity contribution is -0.114. The van der Waals surface area contributed by atoms with Crippen molar-refractivity contribution < 1.29 is 18.0 Å². The Morgan fingerprint density at radius 3 is 2.55 bits per heavy atom. The second-order valence-electron chi connectivity index (χ2n) is 4.60. The van der Waals surface area contributed by atoms with Gasteiger partial charge in [-0.15, -0.1) is 0 Å². The standard InChI is InChI=1S/C13H14BrNO4S/c1-2-6-20(18,19)7-5-15-11-8-9(14)3-4-10(11)12(16)13(15)17/h3-4,8H,2,5-7H2,1H3. The number of sulfone groups is 1. The van der Waals surface area contributed by atoms with Gasteiger partial charge in [-0.3, -0.25) is 9.59 Å². The lowest BCUT2D eigenvalue weighted by Crippen LogP contribution is -2.34. The summed E-state index contributed by atoms with van der Waals surface area (Å²) >= 11 is 3.28.